The second kappa shape index (κ2) is 29.3. The van der Waals surface area contributed by atoms with Gasteiger partial charge in [-0.3, -0.25) is 14.5 Å². The van der Waals surface area contributed by atoms with Gasteiger partial charge < -0.3 is 63.1 Å². The number of carbonyl (C=O) groups excluding carboxylic acids is 3. The number of nitrogens with zero attached hydrogens (tertiary/aromatic N) is 3. The maximum absolute atomic E-state index is 13.6. The largest absolute Gasteiger partial charge is 0.490 e. The van der Waals surface area contributed by atoms with Crippen LogP contribution in [0.5, 0.6) is 17.2 Å². The fourth-order valence-corrected chi connectivity index (χ4v) is 8.89. The van der Waals surface area contributed by atoms with E-state index in [9.17, 15) is 14.4 Å². The Morgan fingerprint density at radius 1 is 0.733 bits per heavy atom. The molecule has 5 aromatic carbocycles. The number of hydrogen-bond acceptors (Lipinski definition) is 16. The molecule has 0 unspecified atom stereocenters. The van der Waals surface area contributed by atoms with E-state index in [1.807, 2.05) is 37.3 Å². The molecule has 2 N–H and O–H groups in total. The number of hydrogen-bond donors (Lipinski definition) is 2. The predicted molar refractivity (Wildman–Crippen MR) is 292 cm³/mol. The Morgan fingerprint density at radius 3 is 2.25 bits per heavy atom. The van der Waals surface area contributed by atoms with Crippen LogP contribution >= 0.6 is 0 Å². The van der Waals surface area contributed by atoms with Crippen LogP contribution in [0.4, 0.5) is 22.7 Å². The lowest BCUT2D eigenvalue weighted by Gasteiger charge is -2.29. The highest BCUT2D eigenvalue weighted by Gasteiger charge is 2.33. The Labute approximate surface area is 440 Å². The molecule has 0 aliphatic carbocycles. The van der Waals surface area contributed by atoms with Crippen molar-refractivity contribution in [2.45, 2.75) is 27.2 Å². The average Bonchev–Trinajstić information content (AvgIpc) is 3.41. The molecule has 17 nitrogen and oxygen atoms in total. The van der Waals surface area contributed by atoms with Gasteiger partial charge in [0, 0.05) is 73.6 Å². The lowest BCUT2D eigenvalue weighted by atomic mass is 9.93. The molecule has 5 aromatic rings. The summed E-state index contributed by atoms with van der Waals surface area (Å²) in [6, 6.07) is 27.7. The van der Waals surface area contributed by atoms with Gasteiger partial charge in [-0.2, -0.15) is 0 Å². The Morgan fingerprint density at radius 2 is 1.47 bits per heavy atom. The summed E-state index contributed by atoms with van der Waals surface area (Å²) in [6.07, 6.45) is 1.68. The van der Waals surface area contributed by atoms with E-state index < -0.39 is 17.8 Å². The van der Waals surface area contributed by atoms with Gasteiger partial charge >= 0.3 is 5.97 Å². The summed E-state index contributed by atoms with van der Waals surface area (Å²) >= 11 is 0. The van der Waals surface area contributed by atoms with E-state index in [-0.39, 0.29) is 13.2 Å². The molecule has 2 aliphatic rings. The first-order valence-corrected chi connectivity index (χ1v) is 25.9. The topological polar surface area (TPSA) is 168 Å². The van der Waals surface area contributed by atoms with Crippen LogP contribution in [0.2, 0.25) is 0 Å². The maximum Gasteiger partial charge on any atom is 0.330 e. The zero-order valence-electron chi connectivity index (χ0n) is 44.0. The van der Waals surface area contributed by atoms with Gasteiger partial charge in [-0.1, -0.05) is 36.9 Å². The highest BCUT2D eigenvalue weighted by molar-refractivity contribution is 6.26. The summed E-state index contributed by atoms with van der Waals surface area (Å²) in [6.45, 7) is 18.4. The van der Waals surface area contributed by atoms with Crippen LogP contribution in [0.15, 0.2) is 97.6 Å². The van der Waals surface area contributed by atoms with E-state index in [4.69, 9.17) is 42.6 Å². The van der Waals surface area contributed by atoms with E-state index >= 15 is 0 Å². The zero-order valence-corrected chi connectivity index (χ0v) is 44.0. The van der Waals surface area contributed by atoms with Crippen molar-refractivity contribution in [3.63, 3.8) is 0 Å². The average molecular weight is 1030 g/mol. The van der Waals surface area contributed by atoms with Crippen LogP contribution in [0.25, 0.3) is 10.8 Å². The number of ether oxygens (including phenoxy) is 9. The quantitative estimate of drug-likeness (QED) is 0.0336. The number of carbonyl (C=O) groups is 3. The summed E-state index contributed by atoms with van der Waals surface area (Å²) in [4.78, 5) is 44.4. The normalized spacial score (nSPS) is 14.9. The summed E-state index contributed by atoms with van der Waals surface area (Å²) in [5, 5.41) is 8.41. The summed E-state index contributed by atoms with van der Waals surface area (Å²) in [5.74, 6) is 0.719. The highest BCUT2D eigenvalue weighted by Crippen LogP contribution is 2.36. The van der Waals surface area contributed by atoms with Crippen LogP contribution in [0, 0.1) is 13.8 Å². The Kier molecular flexibility index (Phi) is 21.8. The lowest BCUT2D eigenvalue weighted by molar-refractivity contribution is -0.137. The lowest BCUT2D eigenvalue weighted by Crippen LogP contribution is -2.42. The first kappa shape index (κ1) is 55.9. The Hall–Kier alpha value is -6.89. The molecule has 7 rings (SSSR count). The van der Waals surface area contributed by atoms with Gasteiger partial charge in [0.1, 0.15) is 43.7 Å². The molecule has 2 aliphatic heterocycles. The number of imide groups is 1. The Balaban J connectivity index is 1.11. The smallest absolute Gasteiger partial charge is 0.330 e. The molecule has 0 spiro atoms. The molecule has 0 saturated carbocycles. The minimum Gasteiger partial charge on any atom is -0.490 e. The SMILES string of the molecule is C=CC(=O)OCCN1C(=O)c2cccc3c(NCCc4ccc(N5CCOc6cc(C)ccc6NCCOCCOCCN(CCOCCOCC)c6ccc(C)cc6OCC5)c(OCCOC)c4)ccc(c23)C1=O. The second-order valence-corrected chi connectivity index (χ2v) is 17.9. The van der Waals surface area contributed by atoms with Gasteiger partial charge in [0.15, 0.2) is 0 Å². The number of amides is 2. The van der Waals surface area contributed by atoms with Crippen molar-refractivity contribution in [1.82, 2.24) is 4.90 Å². The fourth-order valence-electron chi connectivity index (χ4n) is 8.89. The number of benzene rings is 5. The molecule has 17 heteroatoms. The van der Waals surface area contributed by atoms with Gasteiger partial charge in [-0.05, 0) is 98.5 Å². The number of methoxy groups -OCH3 is 1. The van der Waals surface area contributed by atoms with Crippen molar-refractivity contribution in [3.8, 4) is 17.2 Å². The van der Waals surface area contributed by atoms with Gasteiger partial charge in [0.25, 0.3) is 11.8 Å². The molecule has 0 fully saturated rings. The third-order valence-electron chi connectivity index (χ3n) is 12.7. The third-order valence-corrected chi connectivity index (χ3v) is 12.7. The number of rotatable bonds is 20. The number of aryl methyl sites for hydroxylation is 2. The molecule has 402 valence electrons. The standard InChI is InChI=1S/C58H73N5O12/c1-6-55(64)75-32-26-63-57(65)46-10-8-9-45-48(16-14-47(56(45)46)58(63)66)59-20-19-44-13-18-51(54(41-44)74-38-33-67-5)62-24-30-72-52-39-42(3)11-15-49(52)60-21-27-69-36-37-71-29-23-61(22-28-70-35-34-68-7-2)50-17-12-43(4)40-53(50)73-31-25-62/h6,8-18,39-41,59-60H,1,7,19-38H2,2-5H3. The van der Waals surface area contributed by atoms with E-state index in [2.05, 4.69) is 83.3 Å². The molecule has 0 saturated heterocycles. The first-order valence-electron chi connectivity index (χ1n) is 25.9. The molecular weight excluding hydrogens is 959 g/mol. The molecule has 75 heavy (non-hydrogen) atoms. The van der Waals surface area contributed by atoms with Crippen LogP contribution in [0.3, 0.4) is 0 Å². The van der Waals surface area contributed by atoms with E-state index in [1.165, 1.54) is 0 Å². The Bertz CT molecular complexity index is 2660. The van der Waals surface area contributed by atoms with Crippen molar-refractivity contribution < 1.29 is 57.0 Å². The van der Waals surface area contributed by atoms with E-state index in [0.717, 1.165) is 67.3 Å². The molecule has 0 radical (unpaired) electrons. The molecule has 2 amide bonds. The minimum atomic E-state index is -0.622. The van der Waals surface area contributed by atoms with E-state index in [1.54, 1.807) is 19.2 Å². The van der Waals surface area contributed by atoms with Crippen molar-refractivity contribution in [2.75, 3.05) is 159 Å². The van der Waals surface area contributed by atoms with Gasteiger partial charge in [-0.25, -0.2) is 4.79 Å². The third kappa shape index (κ3) is 15.8. The minimum absolute atomic E-state index is 0.0679. The molecule has 0 aromatic heterocycles. The van der Waals surface area contributed by atoms with Crippen molar-refractivity contribution in [3.05, 3.63) is 125 Å². The van der Waals surface area contributed by atoms with Crippen molar-refractivity contribution in [1.29, 1.82) is 0 Å². The molecular formula is C58H73N5O12. The summed E-state index contributed by atoms with van der Waals surface area (Å²) in [5.41, 5.74) is 7.53. The fraction of sp³-hybridized carbons (Fsp3) is 0.431. The second-order valence-electron chi connectivity index (χ2n) is 17.9. The van der Waals surface area contributed by atoms with Crippen molar-refractivity contribution in [2.24, 2.45) is 0 Å². The van der Waals surface area contributed by atoms with Gasteiger partial charge in [0.2, 0.25) is 0 Å². The number of esters is 1. The maximum atomic E-state index is 13.6. The van der Waals surface area contributed by atoms with E-state index in [0.29, 0.717) is 147 Å². The van der Waals surface area contributed by atoms with Crippen LogP contribution in [0.1, 0.15) is 44.3 Å². The van der Waals surface area contributed by atoms with Crippen LogP contribution in [-0.4, -0.2) is 161 Å². The number of anilines is 4. The predicted octanol–water partition coefficient (Wildman–Crippen LogP) is 7.74. The molecule has 0 bridgehead atoms. The zero-order chi connectivity index (χ0) is 52.8. The van der Waals surface area contributed by atoms with Crippen LogP contribution in [-0.2, 0) is 39.6 Å². The monoisotopic (exact) mass is 1030 g/mol. The van der Waals surface area contributed by atoms with Crippen LogP contribution < -0.4 is 34.6 Å². The summed E-state index contributed by atoms with van der Waals surface area (Å²) in [7, 11) is 1.65. The number of fused-ring (bicyclic) bond motifs is 2. The highest BCUT2D eigenvalue weighted by atomic mass is 16.5. The van der Waals surface area contributed by atoms with Gasteiger partial charge in [0.05, 0.1) is 89.6 Å². The number of nitrogens with one attached hydrogen (secondary N) is 2. The molecule has 2 heterocycles. The van der Waals surface area contributed by atoms with Gasteiger partial charge in [-0.15, -0.1) is 0 Å². The molecule has 0 atom stereocenters. The van der Waals surface area contributed by atoms with Crippen molar-refractivity contribution >= 4 is 51.3 Å². The first-order chi connectivity index (χ1) is 36.7. The summed E-state index contributed by atoms with van der Waals surface area (Å²) < 4.78 is 53.8.